The Balaban J connectivity index is 1.34. The second-order valence-electron chi connectivity index (χ2n) is 12.4. The molecule has 3 heterocycles. The van der Waals surface area contributed by atoms with E-state index in [9.17, 15) is 4.79 Å². The highest BCUT2D eigenvalue weighted by molar-refractivity contribution is 5.81. The standard InChI is InChI=1S/C32H45N7O3/c1-32(2,3)31(40)38-21-18-36(19-22-38)20-23-39-30(33-34-35-39)28(26-12-9-13-27(41-4)29(26)42-5)37-16-14-25(15-17-37)24-10-7-6-8-11-24/h6-13,25,28H,14-23H2,1-5H3. The Bertz CT molecular complexity index is 1310. The number of hydrogen-bond donors (Lipinski definition) is 0. The summed E-state index contributed by atoms with van der Waals surface area (Å²) in [4.78, 5) is 19.6. The summed E-state index contributed by atoms with van der Waals surface area (Å²) in [5.74, 6) is 2.97. The van der Waals surface area contributed by atoms with Gasteiger partial charge in [0, 0.05) is 43.7 Å². The van der Waals surface area contributed by atoms with Crippen molar-refractivity contribution in [2.75, 3.05) is 60.0 Å². The van der Waals surface area contributed by atoms with Crippen molar-refractivity contribution < 1.29 is 14.3 Å². The number of hydrogen-bond acceptors (Lipinski definition) is 8. The van der Waals surface area contributed by atoms with Gasteiger partial charge in [0.05, 0.1) is 20.8 Å². The number of benzene rings is 2. The summed E-state index contributed by atoms with van der Waals surface area (Å²) in [5.41, 5.74) is 2.05. The first-order chi connectivity index (χ1) is 20.3. The maximum absolute atomic E-state index is 12.7. The number of aromatic nitrogens is 4. The average Bonchev–Trinajstić information content (AvgIpc) is 3.48. The van der Waals surface area contributed by atoms with E-state index in [4.69, 9.17) is 9.47 Å². The van der Waals surface area contributed by atoms with Gasteiger partial charge in [0.1, 0.15) is 6.04 Å². The van der Waals surface area contributed by atoms with Crippen LogP contribution < -0.4 is 9.47 Å². The Morgan fingerprint density at radius 3 is 2.26 bits per heavy atom. The van der Waals surface area contributed by atoms with Crippen molar-refractivity contribution in [3.63, 3.8) is 0 Å². The van der Waals surface area contributed by atoms with Crippen molar-refractivity contribution in [3.05, 3.63) is 65.5 Å². The Labute approximate surface area is 249 Å². The number of para-hydroxylation sites is 1. The van der Waals surface area contributed by atoms with Crippen LogP contribution in [0.1, 0.15) is 62.5 Å². The van der Waals surface area contributed by atoms with Crippen molar-refractivity contribution in [2.24, 2.45) is 5.41 Å². The topological polar surface area (TPSA) is 88.9 Å². The van der Waals surface area contributed by atoms with E-state index in [1.54, 1.807) is 14.2 Å². The minimum Gasteiger partial charge on any atom is -0.493 e. The van der Waals surface area contributed by atoms with Gasteiger partial charge in [-0.3, -0.25) is 14.6 Å². The summed E-state index contributed by atoms with van der Waals surface area (Å²) in [5, 5.41) is 13.2. The second kappa shape index (κ2) is 13.2. The van der Waals surface area contributed by atoms with Crippen LogP contribution in [0, 0.1) is 5.41 Å². The Hall–Kier alpha value is -3.50. The van der Waals surface area contributed by atoms with E-state index in [2.05, 4.69) is 61.7 Å². The van der Waals surface area contributed by atoms with Crippen LogP contribution in [0.15, 0.2) is 48.5 Å². The molecule has 0 saturated carbocycles. The lowest BCUT2D eigenvalue weighted by atomic mass is 9.88. The molecule has 0 aliphatic carbocycles. The number of amides is 1. The Morgan fingerprint density at radius 2 is 1.62 bits per heavy atom. The van der Waals surface area contributed by atoms with Gasteiger partial charge in [-0.2, -0.15) is 0 Å². The van der Waals surface area contributed by atoms with Crippen molar-refractivity contribution in [2.45, 2.75) is 52.1 Å². The molecule has 0 bridgehead atoms. The molecule has 226 valence electrons. The number of carbonyl (C=O) groups is 1. The fourth-order valence-electron chi connectivity index (χ4n) is 6.29. The number of tetrazole rings is 1. The van der Waals surface area contributed by atoms with Crippen LogP contribution in [0.3, 0.4) is 0 Å². The van der Waals surface area contributed by atoms with Gasteiger partial charge in [-0.25, -0.2) is 4.68 Å². The number of piperazine rings is 1. The van der Waals surface area contributed by atoms with Crippen molar-refractivity contribution in [1.29, 1.82) is 0 Å². The Kier molecular flexibility index (Phi) is 9.43. The lowest BCUT2D eigenvalue weighted by Gasteiger charge is -2.38. The molecule has 0 N–H and O–H groups in total. The highest BCUT2D eigenvalue weighted by Crippen LogP contribution is 2.41. The van der Waals surface area contributed by atoms with Crippen LogP contribution in [0.5, 0.6) is 11.5 Å². The van der Waals surface area contributed by atoms with E-state index in [0.717, 1.165) is 70.0 Å². The summed E-state index contributed by atoms with van der Waals surface area (Å²) in [7, 11) is 3.36. The zero-order valence-electron chi connectivity index (χ0n) is 25.7. The zero-order chi connectivity index (χ0) is 29.7. The third-order valence-electron chi connectivity index (χ3n) is 8.63. The van der Waals surface area contributed by atoms with Crippen LogP contribution in [0.2, 0.25) is 0 Å². The summed E-state index contributed by atoms with van der Waals surface area (Å²) < 4.78 is 13.5. The molecule has 1 amide bonds. The number of ether oxygens (including phenoxy) is 2. The lowest BCUT2D eigenvalue weighted by Crippen LogP contribution is -2.52. The second-order valence-corrected chi connectivity index (χ2v) is 12.4. The van der Waals surface area contributed by atoms with E-state index in [0.29, 0.717) is 24.0 Å². The molecule has 0 spiro atoms. The van der Waals surface area contributed by atoms with Crippen LogP contribution in [-0.4, -0.2) is 101 Å². The maximum atomic E-state index is 12.7. The molecule has 2 fully saturated rings. The summed E-state index contributed by atoms with van der Waals surface area (Å²) in [6.45, 7) is 12.5. The Morgan fingerprint density at radius 1 is 0.905 bits per heavy atom. The quantitative estimate of drug-likeness (QED) is 0.380. The largest absolute Gasteiger partial charge is 0.493 e. The van der Waals surface area contributed by atoms with Gasteiger partial charge in [-0.1, -0.05) is 63.2 Å². The smallest absolute Gasteiger partial charge is 0.228 e. The van der Waals surface area contributed by atoms with Crippen molar-refractivity contribution in [3.8, 4) is 11.5 Å². The highest BCUT2D eigenvalue weighted by Gasteiger charge is 2.35. The van der Waals surface area contributed by atoms with Gasteiger partial charge in [-0.15, -0.1) is 5.10 Å². The van der Waals surface area contributed by atoms with E-state index in [-0.39, 0.29) is 17.4 Å². The molecule has 2 saturated heterocycles. The highest BCUT2D eigenvalue weighted by atomic mass is 16.5. The number of rotatable bonds is 9. The normalized spacial score (nSPS) is 18.2. The van der Waals surface area contributed by atoms with Gasteiger partial charge >= 0.3 is 0 Å². The van der Waals surface area contributed by atoms with Crippen LogP contribution in [-0.2, 0) is 11.3 Å². The minimum atomic E-state index is -0.352. The SMILES string of the molecule is COc1cccc(C(c2nnnn2CCN2CCN(C(=O)C(C)(C)C)CC2)N2CCC(c3ccccc3)CC2)c1OC. The van der Waals surface area contributed by atoms with Gasteiger partial charge < -0.3 is 14.4 Å². The molecule has 10 nitrogen and oxygen atoms in total. The molecule has 10 heteroatoms. The maximum Gasteiger partial charge on any atom is 0.228 e. The number of carbonyl (C=O) groups excluding carboxylic acids is 1. The molecule has 2 aromatic carbocycles. The van der Waals surface area contributed by atoms with E-state index in [1.165, 1.54) is 5.56 Å². The van der Waals surface area contributed by atoms with Crippen molar-refractivity contribution >= 4 is 5.91 Å². The minimum absolute atomic E-state index is 0.178. The van der Waals surface area contributed by atoms with E-state index >= 15 is 0 Å². The zero-order valence-corrected chi connectivity index (χ0v) is 25.7. The van der Waals surface area contributed by atoms with Crippen LogP contribution >= 0.6 is 0 Å². The van der Waals surface area contributed by atoms with Gasteiger partial charge in [0.2, 0.25) is 5.91 Å². The number of likely N-dealkylation sites (tertiary alicyclic amines) is 1. The molecule has 1 aromatic heterocycles. The van der Waals surface area contributed by atoms with Crippen LogP contribution in [0.4, 0.5) is 0 Å². The van der Waals surface area contributed by atoms with Gasteiger partial charge in [-0.05, 0) is 53.9 Å². The molecular formula is C32H45N7O3. The lowest BCUT2D eigenvalue weighted by molar-refractivity contribution is -0.141. The summed E-state index contributed by atoms with van der Waals surface area (Å²) >= 11 is 0. The van der Waals surface area contributed by atoms with E-state index in [1.807, 2.05) is 42.5 Å². The number of nitrogens with zero attached hydrogens (tertiary/aromatic N) is 7. The average molecular weight is 576 g/mol. The molecule has 2 aliphatic rings. The molecular weight excluding hydrogens is 530 g/mol. The van der Waals surface area contributed by atoms with Crippen LogP contribution in [0.25, 0.3) is 0 Å². The molecule has 1 atom stereocenters. The summed E-state index contributed by atoms with van der Waals surface area (Å²) in [6, 6.07) is 16.7. The number of piperidine rings is 1. The predicted octanol–water partition coefficient (Wildman–Crippen LogP) is 3.85. The first-order valence-corrected chi connectivity index (χ1v) is 15.1. The number of methoxy groups -OCH3 is 2. The third-order valence-corrected chi connectivity index (χ3v) is 8.63. The van der Waals surface area contributed by atoms with Crippen molar-refractivity contribution in [1.82, 2.24) is 34.9 Å². The third kappa shape index (κ3) is 6.60. The molecule has 3 aromatic rings. The molecule has 42 heavy (non-hydrogen) atoms. The first-order valence-electron chi connectivity index (χ1n) is 15.1. The first kappa shape index (κ1) is 30.0. The fraction of sp³-hybridized carbons (Fsp3) is 0.562. The molecule has 5 rings (SSSR count). The monoisotopic (exact) mass is 575 g/mol. The molecule has 1 unspecified atom stereocenters. The van der Waals surface area contributed by atoms with Gasteiger partial charge in [0.15, 0.2) is 17.3 Å². The summed E-state index contributed by atoms with van der Waals surface area (Å²) in [6.07, 6.45) is 2.12. The predicted molar refractivity (Wildman–Crippen MR) is 162 cm³/mol. The van der Waals surface area contributed by atoms with E-state index < -0.39 is 0 Å². The molecule has 0 radical (unpaired) electrons. The van der Waals surface area contributed by atoms with Gasteiger partial charge in [0.25, 0.3) is 0 Å². The fourth-order valence-corrected chi connectivity index (χ4v) is 6.29. The molecule has 2 aliphatic heterocycles.